The molecule has 0 saturated carbocycles. The average molecular weight is 306 g/mol. The normalized spacial score (nSPS) is 13.9. The molecule has 109 valence electrons. The Hall–Kier alpha value is -1.81. The molecule has 1 heterocycles. The van der Waals surface area contributed by atoms with Gasteiger partial charge in [-0.3, -0.25) is 4.79 Å². The highest BCUT2D eigenvalue weighted by atomic mass is 35.5. The summed E-state index contributed by atoms with van der Waals surface area (Å²) in [6, 6.07) is 4.16. The molecule has 1 aromatic heterocycles. The molecular formula is C16H15ClFN2O. The molecule has 0 saturated heterocycles. The third kappa shape index (κ3) is 2.68. The van der Waals surface area contributed by atoms with E-state index in [9.17, 15) is 9.18 Å². The molecule has 21 heavy (non-hydrogen) atoms. The van der Waals surface area contributed by atoms with Crippen LogP contribution in [0.5, 0.6) is 0 Å². The predicted molar refractivity (Wildman–Crippen MR) is 81.1 cm³/mol. The Labute approximate surface area is 127 Å². The number of carbonyl (C=O) groups excluding carboxylic acids is 1. The number of benzene rings is 1. The van der Waals surface area contributed by atoms with Gasteiger partial charge in [0.25, 0.3) is 5.91 Å². The maximum Gasteiger partial charge on any atom is 0.272 e. The van der Waals surface area contributed by atoms with E-state index in [1.165, 1.54) is 18.2 Å². The fourth-order valence-corrected chi connectivity index (χ4v) is 2.92. The summed E-state index contributed by atoms with van der Waals surface area (Å²) >= 11 is 5.73. The van der Waals surface area contributed by atoms with Crippen LogP contribution in [0.4, 0.5) is 10.1 Å². The Kier molecular flexibility index (Phi) is 3.72. The van der Waals surface area contributed by atoms with E-state index in [0.29, 0.717) is 11.4 Å². The van der Waals surface area contributed by atoms with Gasteiger partial charge in [0.15, 0.2) is 0 Å². The minimum Gasteiger partial charge on any atom is -0.346 e. The van der Waals surface area contributed by atoms with Crippen LogP contribution in [0, 0.1) is 12.2 Å². The van der Waals surface area contributed by atoms with Gasteiger partial charge in [-0.2, -0.15) is 0 Å². The van der Waals surface area contributed by atoms with E-state index < -0.39 is 5.82 Å². The van der Waals surface area contributed by atoms with Gasteiger partial charge in [0, 0.05) is 18.9 Å². The second kappa shape index (κ2) is 5.53. The number of nitrogens with one attached hydrogen (secondary N) is 1. The molecule has 1 aliphatic rings. The van der Waals surface area contributed by atoms with Crippen LogP contribution in [0.3, 0.4) is 0 Å². The number of hydrogen-bond donors (Lipinski definition) is 1. The molecule has 1 amide bonds. The first-order chi connectivity index (χ1) is 10.1. The standard InChI is InChI=1S/C16H15ClFN2O/c1-20-9-10-4-2-3-5-12(10)15(20)16(21)19-11-6-7-14(18)13(17)8-11/h4,6-9H,2-3,5H2,1H3,(H,19,21). The molecule has 0 unspecified atom stereocenters. The second-order valence-corrected chi connectivity index (χ2v) is 5.61. The minimum atomic E-state index is -0.500. The molecule has 2 aromatic rings. The van der Waals surface area contributed by atoms with Crippen LogP contribution in [-0.2, 0) is 13.5 Å². The van der Waals surface area contributed by atoms with Crippen LogP contribution in [0.25, 0.3) is 0 Å². The first-order valence-electron chi connectivity index (χ1n) is 6.84. The fraction of sp³-hybridized carbons (Fsp3) is 0.250. The molecule has 3 nitrogen and oxygen atoms in total. The van der Waals surface area contributed by atoms with Crippen molar-refractivity contribution in [3.8, 4) is 0 Å². The molecule has 5 heteroatoms. The molecule has 1 aliphatic carbocycles. The molecule has 1 N–H and O–H groups in total. The van der Waals surface area contributed by atoms with E-state index in [-0.39, 0.29) is 10.9 Å². The van der Waals surface area contributed by atoms with Crippen LogP contribution in [0.15, 0.2) is 24.4 Å². The SMILES string of the molecule is Cn1cc2c(c1C(=O)Nc1ccc(F)c(Cl)c1)CCC[CH]2. The summed E-state index contributed by atoms with van der Waals surface area (Å²) in [4.78, 5) is 12.5. The summed E-state index contributed by atoms with van der Waals surface area (Å²) in [7, 11) is 1.86. The molecule has 1 radical (unpaired) electrons. The molecular weight excluding hydrogens is 291 g/mol. The van der Waals surface area contributed by atoms with Gasteiger partial charge in [-0.15, -0.1) is 0 Å². The Morgan fingerprint density at radius 3 is 3.00 bits per heavy atom. The highest BCUT2D eigenvalue weighted by Gasteiger charge is 2.22. The molecule has 0 atom stereocenters. The first-order valence-corrected chi connectivity index (χ1v) is 7.22. The van der Waals surface area contributed by atoms with Crippen molar-refractivity contribution in [2.24, 2.45) is 7.05 Å². The largest absolute Gasteiger partial charge is 0.346 e. The van der Waals surface area contributed by atoms with Crippen molar-refractivity contribution in [3.63, 3.8) is 0 Å². The number of anilines is 1. The van der Waals surface area contributed by atoms with Gasteiger partial charge in [0.2, 0.25) is 0 Å². The van der Waals surface area contributed by atoms with Crippen LogP contribution in [0.1, 0.15) is 34.5 Å². The van der Waals surface area contributed by atoms with Gasteiger partial charge in [0.1, 0.15) is 11.5 Å². The van der Waals surface area contributed by atoms with Crippen LogP contribution in [0.2, 0.25) is 5.02 Å². The zero-order chi connectivity index (χ0) is 15.0. The Morgan fingerprint density at radius 2 is 2.24 bits per heavy atom. The Balaban J connectivity index is 1.88. The maximum absolute atomic E-state index is 13.1. The van der Waals surface area contributed by atoms with Gasteiger partial charge >= 0.3 is 0 Å². The molecule has 1 aromatic carbocycles. The van der Waals surface area contributed by atoms with E-state index in [2.05, 4.69) is 11.7 Å². The third-order valence-corrected chi connectivity index (χ3v) is 4.00. The van der Waals surface area contributed by atoms with Crippen molar-refractivity contribution >= 4 is 23.2 Å². The summed E-state index contributed by atoms with van der Waals surface area (Å²) in [6.07, 6.45) is 7.14. The number of aromatic nitrogens is 1. The summed E-state index contributed by atoms with van der Waals surface area (Å²) < 4.78 is 15.0. The zero-order valence-corrected chi connectivity index (χ0v) is 12.4. The number of halogens is 2. The van der Waals surface area contributed by atoms with Crippen LogP contribution >= 0.6 is 11.6 Å². The number of rotatable bonds is 2. The summed E-state index contributed by atoms with van der Waals surface area (Å²) in [5.74, 6) is -0.697. The van der Waals surface area contributed by atoms with Crippen molar-refractivity contribution in [1.29, 1.82) is 0 Å². The minimum absolute atomic E-state index is 0.00459. The van der Waals surface area contributed by atoms with Gasteiger partial charge in [-0.05, 0) is 55.0 Å². The van der Waals surface area contributed by atoms with Crippen molar-refractivity contribution in [1.82, 2.24) is 4.57 Å². The van der Waals surface area contributed by atoms with E-state index in [1.807, 2.05) is 17.8 Å². The second-order valence-electron chi connectivity index (χ2n) is 5.20. The number of amides is 1. The van der Waals surface area contributed by atoms with Gasteiger partial charge < -0.3 is 9.88 Å². The monoisotopic (exact) mass is 305 g/mol. The lowest BCUT2D eigenvalue weighted by Gasteiger charge is -2.13. The Morgan fingerprint density at radius 1 is 1.43 bits per heavy atom. The predicted octanol–water partition coefficient (Wildman–Crippen LogP) is 3.96. The zero-order valence-electron chi connectivity index (χ0n) is 11.6. The number of fused-ring (bicyclic) bond motifs is 1. The van der Waals surface area contributed by atoms with E-state index in [0.717, 1.165) is 30.4 Å². The lowest BCUT2D eigenvalue weighted by atomic mass is 9.93. The van der Waals surface area contributed by atoms with Gasteiger partial charge in [-0.1, -0.05) is 11.6 Å². The summed E-state index contributed by atoms with van der Waals surface area (Å²) in [6.45, 7) is 0. The molecule has 0 spiro atoms. The van der Waals surface area contributed by atoms with Crippen molar-refractivity contribution in [2.45, 2.75) is 19.3 Å². The highest BCUT2D eigenvalue weighted by molar-refractivity contribution is 6.31. The number of hydrogen-bond acceptors (Lipinski definition) is 1. The smallest absolute Gasteiger partial charge is 0.272 e. The summed E-state index contributed by atoms with van der Waals surface area (Å²) in [5.41, 5.74) is 3.35. The topological polar surface area (TPSA) is 34.0 Å². The molecule has 0 fully saturated rings. The number of carbonyl (C=O) groups is 1. The lowest BCUT2D eigenvalue weighted by molar-refractivity contribution is 0.101. The Bertz CT molecular complexity index is 709. The maximum atomic E-state index is 13.1. The molecule has 3 rings (SSSR count). The number of nitrogens with zero attached hydrogens (tertiary/aromatic N) is 1. The average Bonchev–Trinajstić information content (AvgIpc) is 2.78. The fourth-order valence-electron chi connectivity index (χ4n) is 2.74. The van der Waals surface area contributed by atoms with Crippen LogP contribution in [-0.4, -0.2) is 10.5 Å². The van der Waals surface area contributed by atoms with Crippen molar-refractivity contribution < 1.29 is 9.18 Å². The molecule has 0 bridgehead atoms. The number of aryl methyl sites for hydroxylation is 1. The van der Waals surface area contributed by atoms with E-state index in [1.54, 1.807) is 0 Å². The summed E-state index contributed by atoms with van der Waals surface area (Å²) in [5, 5.41) is 2.77. The molecule has 0 aliphatic heterocycles. The third-order valence-electron chi connectivity index (χ3n) is 3.71. The van der Waals surface area contributed by atoms with E-state index >= 15 is 0 Å². The lowest BCUT2D eigenvalue weighted by Crippen LogP contribution is -2.18. The van der Waals surface area contributed by atoms with E-state index in [4.69, 9.17) is 11.6 Å². The van der Waals surface area contributed by atoms with Crippen LogP contribution < -0.4 is 5.32 Å². The van der Waals surface area contributed by atoms with Crippen molar-refractivity contribution in [3.05, 3.63) is 58.5 Å². The van der Waals surface area contributed by atoms with Gasteiger partial charge in [0.05, 0.1) is 5.02 Å². The van der Waals surface area contributed by atoms with Gasteiger partial charge in [-0.25, -0.2) is 4.39 Å². The van der Waals surface area contributed by atoms with Crippen molar-refractivity contribution in [2.75, 3.05) is 5.32 Å². The first kappa shape index (κ1) is 14.1. The quantitative estimate of drug-likeness (QED) is 0.895. The highest BCUT2D eigenvalue weighted by Crippen LogP contribution is 2.28.